The third-order valence-electron chi connectivity index (χ3n) is 7.75. The molecule has 4 atom stereocenters. The zero-order valence-corrected chi connectivity index (χ0v) is 24.8. The normalized spacial score (nSPS) is 20.9. The number of carbonyl (C=O) groups excluding carboxylic acids is 1. The van der Waals surface area contributed by atoms with E-state index in [0.717, 1.165) is 58.2 Å². The first-order chi connectivity index (χ1) is 19.1. The number of rotatable bonds is 10. The van der Waals surface area contributed by atoms with Crippen LogP contribution in [0.3, 0.4) is 0 Å². The van der Waals surface area contributed by atoms with Crippen LogP contribution in [0.15, 0.2) is 60.3 Å². The second-order valence-corrected chi connectivity index (χ2v) is 10.9. The first kappa shape index (κ1) is 31.2. The molecule has 4 rings (SSSR count). The molecule has 2 N–H and O–H groups in total. The Balaban J connectivity index is 0.00000216. The number of ketones is 1. The highest BCUT2D eigenvalue weighted by Crippen LogP contribution is 2.33. The number of nitrogens with one attached hydrogen (secondary N) is 1. The van der Waals surface area contributed by atoms with Crippen molar-refractivity contribution < 1.29 is 14.3 Å². The molecule has 6 heteroatoms. The molecule has 0 aliphatic heterocycles. The summed E-state index contributed by atoms with van der Waals surface area (Å²) in [5, 5.41) is 14.9. The Morgan fingerprint density at radius 2 is 1.88 bits per heavy atom. The Bertz CT molecular complexity index is 1390. The average Bonchev–Trinajstić information content (AvgIpc) is 2.94. The predicted octanol–water partition coefficient (Wildman–Crippen LogP) is 5.57. The fraction of sp³-hybridized carbons (Fsp3) is 0.441. The van der Waals surface area contributed by atoms with E-state index in [-0.39, 0.29) is 29.0 Å². The molecular formula is C34H44FN3O2. The van der Waals surface area contributed by atoms with Crippen LogP contribution in [-0.4, -0.2) is 33.0 Å². The van der Waals surface area contributed by atoms with Crippen LogP contribution in [0.25, 0.3) is 23.4 Å². The smallest absolute Gasteiger partial charge is 0.132 e. The summed E-state index contributed by atoms with van der Waals surface area (Å²) in [4.78, 5) is 21.8. The number of nitrogens with zero attached hydrogens (tertiary/aromatic N) is 2. The van der Waals surface area contributed by atoms with Gasteiger partial charge in [-0.25, -0.2) is 14.4 Å². The zero-order chi connectivity index (χ0) is 29.4. The molecule has 214 valence electrons. The van der Waals surface area contributed by atoms with E-state index in [1.165, 1.54) is 12.1 Å². The van der Waals surface area contributed by atoms with E-state index in [1.54, 1.807) is 19.1 Å². The Labute approximate surface area is 238 Å². The molecule has 0 saturated carbocycles. The number of aromatic nitrogens is 2. The van der Waals surface area contributed by atoms with Crippen molar-refractivity contribution in [2.24, 2.45) is 11.3 Å². The minimum atomic E-state index is -0.414. The molecule has 2 aliphatic rings. The quantitative estimate of drug-likeness (QED) is 0.409. The lowest BCUT2D eigenvalue weighted by Gasteiger charge is -2.32. The predicted molar refractivity (Wildman–Crippen MR) is 162 cm³/mol. The van der Waals surface area contributed by atoms with Gasteiger partial charge in [0.25, 0.3) is 0 Å². The summed E-state index contributed by atoms with van der Waals surface area (Å²) < 4.78 is 13.6. The maximum absolute atomic E-state index is 13.6. The van der Waals surface area contributed by atoms with Crippen LogP contribution in [-0.2, 0) is 11.2 Å². The monoisotopic (exact) mass is 545 g/mol. The molecule has 0 radical (unpaired) electrons. The molecule has 5 nitrogen and oxygen atoms in total. The SMILES string of the molecule is C=C(NC(C)C1=CCC(O)C=C1)C1(C)C=c2nc(CCCC(C)C(C)=O)c(-c3ccc(F)cc3)nc2=CC1.CC. The van der Waals surface area contributed by atoms with Crippen molar-refractivity contribution in [3.63, 3.8) is 0 Å². The lowest BCUT2D eigenvalue weighted by atomic mass is 9.80. The van der Waals surface area contributed by atoms with Crippen LogP contribution in [0.4, 0.5) is 4.39 Å². The van der Waals surface area contributed by atoms with Crippen LogP contribution in [0.5, 0.6) is 0 Å². The molecule has 0 saturated heterocycles. The van der Waals surface area contributed by atoms with Crippen LogP contribution >= 0.6 is 0 Å². The fourth-order valence-electron chi connectivity index (χ4n) is 4.88. The Morgan fingerprint density at radius 3 is 2.50 bits per heavy atom. The van der Waals surface area contributed by atoms with Crippen molar-refractivity contribution in [3.8, 4) is 11.3 Å². The standard InChI is InChI=1S/C32H38FN3O2.C2H6/c1-20(22(3)37)7-6-8-29-31(25-9-13-26(33)14-10-25)36-28-17-18-32(5,19-30(28)35-29)23(4)34-21(2)24-11-15-27(38)16-12-24;1-2/h9-15,17,19-21,27,34,38H,4,6-8,16,18H2,1-3,5H3;1-2H3. The zero-order valence-electron chi connectivity index (χ0n) is 24.8. The molecule has 0 spiro atoms. The minimum absolute atomic E-state index is 0.00632. The molecule has 0 fully saturated rings. The highest BCUT2D eigenvalue weighted by atomic mass is 19.1. The van der Waals surface area contributed by atoms with Gasteiger partial charge in [-0.1, -0.05) is 58.6 Å². The van der Waals surface area contributed by atoms with Gasteiger partial charge in [0, 0.05) is 28.6 Å². The molecule has 2 aliphatic carbocycles. The van der Waals surface area contributed by atoms with Gasteiger partial charge in [0.05, 0.1) is 28.2 Å². The number of aliphatic hydroxyl groups excluding tert-OH is 1. The molecule has 0 amide bonds. The summed E-state index contributed by atoms with van der Waals surface area (Å²) in [6.45, 7) is 16.2. The molecule has 0 bridgehead atoms. The molecular weight excluding hydrogens is 501 g/mol. The van der Waals surface area contributed by atoms with E-state index >= 15 is 0 Å². The van der Waals surface area contributed by atoms with Crippen molar-refractivity contribution in [2.75, 3.05) is 0 Å². The summed E-state index contributed by atoms with van der Waals surface area (Å²) in [5.41, 5.74) is 4.11. The second kappa shape index (κ2) is 13.8. The van der Waals surface area contributed by atoms with Gasteiger partial charge in [0.2, 0.25) is 0 Å². The number of aliphatic hydroxyl groups is 1. The van der Waals surface area contributed by atoms with Crippen LogP contribution in [0, 0.1) is 17.2 Å². The number of allylic oxidation sites excluding steroid dienone is 1. The number of hydrogen-bond donors (Lipinski definition) is 2. The Hall–Kier alpha value is -3.38. The van der Waals surface area contributed by atoms with Crippen molar-refractivity contribution >= 4 is 17.9 Å². The third kappa shape index (κ3) is 7.63. The Morgan fingerprint density at radius 1 is 1.18 bits per heavy atom. The van der Waals surface area contributed by atoms with Gasteiger partial charge in [-0.2, -0.15) is 0 Å². The van der Waals surface area contributed by atoms with E-state index in [0.29, 0.717) is 12.8 Å². The van der Waals surface area contributed by atoms with Crippen LogP contribution in [0.2, 0.25) is 0 Å². The number of aryl methyl sites for hydroxylation is 1. The van der Waals surface area contributed by atoms with Gasteiger partial charge in [-0.3, -0.25) is 4.79 Å². The topological polar surface area (TPSA) is 75.1 Å². The maximum atomic E-state index is 13.6. The van der Waals surface area contributed by atoms with Gasteiger partial charge in [0.15, 0.2) is 0 Å². The van der Waals surface area contributed by atoms with E-state index in [4.69, 9.17) is 9.97 Å². The molecule has 40 heavy (non-hydrogen) atoms. The fourth-order valence-corrected chi connectivity index (χ4v) is 4.88. The number of halogens is 1. The maximum Gasteiger partial charge on any atom is 0.132 e. The first-order valence-corrected chi connectivity index (χ1v) is 14.4. The average molecular weight is 546 g/mol. The third-order valence-corrected chi connectivity index (χ3v) is 7.75. The lowest BCUT2D eigenvalue weighted by Crippen LogP contribution is -2.42. The highest BCUT2D eigenvalue weighted by Gasteiger charge is 2.28. The summed E-state index contributed by atoms with van der Waals surface area (Å²) in [6.07, 6.45) is 13.3. The summed E-state index contributed by atoms with van der Waals surface area (Å²) in [7, 11) is 0. The number of carbonyl (C=O) groups is 1. The van der Waals surface area contributed by atoms with Crippen molar-refractivity contribution in [3.05, 3.63) is 82.6 Å². The lowest BCUT2D eigenvalue weighted by molar-refractivity contribution is -0.120. The largest absolute Gasteiger partial charge is 0.389 e. The number of fused-ring (bicyclic) bond motifs is 1. The van der Waals surface area contributed by atoms with E-state index < -0.39 is 6.10 Å². The molecule has 4 unspecified atom stereocenters. The van der Waals surface area contributed by atoms with E-state index in [9.17, 15) is 14.3 Å². The van der Waals surface area contributed by atoms with Crippen molar-refractivity contribution in [2.45, 2.75) is 85.8 Å². The number of hydrogen-bond acceptors (Lipinski definition) is 5. The summed E-state index contributed by atoms with van der Waals surface area (Å²) >= 11 is 0. The highest BCUT2D eigenvalue weighted by molar-refractivity contribution is 5.77. The summed E-state index contributed by atoms with van der Waals surface area (Å²) in [6, 6.07) is 6.43. The number of Topliss-reactive ketones (excluding diaryl/α,β-unsaturated/α-hetero) is 1. The van der Waals surface area contributed by atoms with Gasteiger partial charge in [-0.05, 0) is 81.9 Å². The second-order valence-electron chi connectivity index (χ2n) is 10.9. The van der Waals surface area contributed by atoms with Gasteiger partial charge >= 0.3 is 0 Å². The van der Waals surface area contributed by atoms with Crippen LogP contribution < -0.4 is 16.0 Å². The first-order valence-electron chi connectivity index (χ1n) is 14.4. The van der Waals surface area contributed by atoms with Crippen molar-refractivity contribution in [1.29, 1.82) is 0 Å². The molecule has 1 aromatic heterocycles. The van der Waals surface area contributed by atoms with Gasteiger partial charge < -0.3 is 10.4 Å². The molecule has 1 heterocycles. The number of benzene rings is 1. The molecule has 1 aromatic carbocycles. The van der Waals surface area contributed by atoms with E-state index in [1.807, 2.05) is 32.9 Å². The summed E-state index contributed by atoms with van der Waals surface area (Å²) in [5.74, 6) is -0.0928. The van der Waals surface area contributed by atoms with Crippen molar-refractivity contribution in [1.82, 2.24) is 15.3 Å². The minimum Gasteiger partial charge on any atom is -0.389 e. The van der Waals surface area contributed by atoms with Gasteiger partial charge in [0.1, 0.15) is 11.6 Å². The van der Waals surface area contributed by atoms with Gasteiger partial charge in [-0.15, -0.1) is 0 Å². The van der Waals surface area contributed by atoms with Crippen LogP contribution in [0.1, 0.15) is 72.9 Å². The Kier molecular flexibility index (Phi) is 10.7. The molecule has 2 aromatic rings. The van der Waals surface area contributed by atoms with E-state index in [2.05, 4.69) is 44.0 Å².